The maximum Gasteiger partial charge on any atom is 0.125 e. The molecule has 6 rings (SSSR count). The molecule has 3 heterocycles. The summed E-state index contributed by atoms with van der Waals surface area (Å²) in [5, 5.41) is 19.6. The van der Waals surface area contributed by atoms with Crippen LogP contribution in [0.4, 0.5) is 15.8 Å². The minimum Gasteiger partial charge on any atom is -0.383 e. The Morgan fingerprint density at radius 2 is 1.88 bits per heavy atom. The minimum absolute atomic E-state index is 0.0498. The summed E-state index contributed by atoms with van der Waals surface area (Å²) in [5.41, 5.74) is 11.2. The van der Waals surface area contributed by atoms with Crippen molar-refractivity contribution in [3.63, 3.8) is 0 Å². The van der Waals surface area contributed by atoms with Crippen molar-refractivity contribution < 1.29 is 5.76 Å². The first-order valence-electron chi connectivity index (χ1n) is 14.5. The van der Waals surface area contributed by atoms with Crippen LogP contribution in [0.25, 0.3) is 22.0 Å². The van der Waals surface area contributed by atoms with Gasteiger partial charge in [-0.2, -0.15) is 5.26 Å². The van der Waals surface area contributed by atoms with Crippen LogP contribution >= 0.6 is 0 Å². The number of nitrogens with one attached hydrogen (secondary N) is 4. The van der Waals surface area contributed by atoms with Gasteiger partial charge in [0.2, 0.25) is 0 Å². The lowest BCUT2D eigenvalue weighted by Gasteiger charge is -2.24. The second-order valence-electron chi connectivity index (χ2n) is 11.9. The Morgan fingerprint density at radius 1 is 1.14 bits per heavy atom. The number of hydrogen-bond acceptors (Lipinski definition) is 9. The lowest BCUT2D eigenvalue weighted by molar-refractivity contribution is 0.260. The van der Waals surface area contributed by atoms with Gasteiger partial charge in [-0.15, -0.1) is 5.53 Å². The highest BCUT2D eigenvalue weighted by Gasteiger charge is 2.32. The van der Waals surface area contributed by atoms with Gasteiger partial charge >= 0.3 is 0 Å². The zero-order chi connectivity index (χ0) is 30.4. The first kappa shape index (κ1) is 26.2. The normalized spacial score (nSPS) is 16.7. The molecule has 1 fully saturated rings. The van der Waals surface area contributed by atoms with Crippen LogP contribution in [0.5, 0.6) is 0 Å². The predicted octanol–water partition coefficient (Wildman–Crippen LogP) is 5.95. The van der Waals surface area contributed by atoms with E-state index in [1.807, 2.05) is 30.3 Å². The van der Waals surface area contributed by atoms with Crippen LogP contribution in [0.2, 0.25) is 0 Å². The molecule has 1 saturated carbocycles. The van der Waals surface area contributed by atoms with Gasteiger partial charge in [0, 0.05) is 59.6 Å². The molecule has 0 saturated heterocycles. The fourth-order valence-corrected chi connectivity index (χ4v) is 4.82. The maximum absolute atomic E-state index is 14.0. The molecule has 42 heavy (non-hydrogen) atoms. The minimum atomic E-state index is -1.53. The Hall–Kier alpha value is -4.75. The van der Waals surface area contributed by atoms with Gasteiger partial charge in [-0.25, -0.2) is 14.4 Å². The summed E-state index contributed by atoms with van der Waals surface area (Å²) in [6.07, 6.45) is 9.10. The zero-order valence-corrected chi connectivity index (χ0v) is 24.1. The largest absolute Gasteiger partial charge is 0.383 e. The summed E-state index contributed by atoms with van der Waals surface area (Å²) >= 11 is 0. The van der Waals surface area contributed by atoms with E-state index in [1.165, 1.54) is 12.1 Å². The molecule has 214 valence electrons. The fourth-order valence-electron chi connectivity index (χ4n) is 4.82. The van der Waals surface area contributed by atoms with E-state index in [0.29, 0.717) is 52.1 Å². The van der Waals surface area contributed by atoms with Crippen molar-refractivity contribution in [1.29, 1.82) is 5.26 Å². The van der Waals surface area contributed by atoms with Gasteiger partial charge in [0.25, 0.3) is 0 Å². The predicted molar refractivity (Wildman–Crippen MR) is 162 cm³/mol. The monoisotopic (exact) mass is 564 g/mol. The second-order valence-corrected chi connectivity index (χ2v) is 11.9. The summed E-state index contributed by atoms with van der Waals surface area (Å²) in [5.74, 6) is 0.261. The quantitative estimate of drug-likeness (QED) is 0.206. The van der Waals surface area contributed by atoms with Crippen LogP contribution in [-0.4, -0.2) is 32.5 Å². The Morgan fingerprint density at radius 3 is 2.55 bits per heavy atom. The fraction of sp³-hybridized carbons (Fsp3) is 0.312. The molecule has 4 N–H and O–H groups in total. The highest BCUT2D eigenvalue weighted by Crippen LogP contribution is 2.38. The van der Waals surface area contributed by atoms with Gasteiger partial charge in [-0.1, -0.05) is 32.9 Å². The first-order valence-corrected chi connectivity index (χ1v) is 14.0. The molecule has 2 aromatic heterocycles. The third-order valence-electron chi connectivity index (χ3n) is 7.18. The van der Waals surface area contributed by atoms with E-state index >= 15 is 0 Å². The third kappa shape index (κ3) is 5.83. The summed E-state index contributed by atoms with van der Waals surface area (Å²) in [4.78, 5) is 13.5. The Kier molecular flexibility index (Phi) is 6.80. The van der Waals surface area contributed by atoms with Crippen molar-refractivity contribution in [2.24, 2.45) is 5.41 Å². The number of aryl methyl sites for hydroxylation is 1. The molecule has 0 radical (unpaired) electrons. The highest BCUT2D eigenvalue weighted by atomic mass is 19.1. The third-order valence-corrected chi connectivity index (χ3v) is 7.18. The summed E-state index contributed by atoms with van der Waals surface area (Å²) in [6, 6.07) is 10.9. The van der Waals surface area contributed by atoms with Crippen LogP contribution in [0.1, 0.15) is 58.0 Å². The van der Waals surface area contributed by atoms with Crippen molar-refractivity contribution in [2.75, 3.05) is 17.2 Å². The van der Waals surface area contributed by atoms with E-state index < -0.39 is 6.02 Å². The number of hydrazine groups is 2. The summed E-state index contributed by atoms with van der Waals surface area (Å²) < 4.78 is 23.8. The Balaban J connectivity index is 1.54. The topological polar surface area (TPSA) is 114 Å². The molecule has 10 heteroatoms. The molecule has 0 spiro atoms. The molecular formula is C32H34FN9. The van der Waals surface area contributed by atoms with E-state index in [4.69, 9.17) is 4.98 Å². The molecule has 2 aromatic carbocycles. The zero-order valence-electron chi connectivity index (χ0n) is 25.1. The van der Waals surface area contributed by atoms with E-state index in [2.05, 4.69) is 58.4 Å². The van der Waals surface area contributed by atoms with Crippen molar-refractivity contribution in [1.82, 2.24) is 30.9 Å². The average molecular weight is 565 g/mol. The second kappa shape index (κ2) is 10.9. The summed E-state index contributed by atoms with van der Waals surface area (Å²) in [6.45, 7) is 8.81. The molecule has 1 aliphatic carbocycles. The summed E-state index contributed by atoms with van der Waals surface area (Å²) in [7, 11) is 0. The molecule has 9 nitrogen and oxygen atoms in total. The highest BCUT2D eigenvalue weighted by molar-refractivity contribution is 6.04. The number of halogens is 1. The molecule has 0 bridgehead atoms. The van der Waals surface area contributed by atoms with Gasteiger partial charge in [0.05, 0.1) is 29.9 Å². The van der Waals surface area contributed by atoms with Crippen molar-refractivity contribution >= 4 is 22.3 Å². The van der Waals surface area contributed by atoms with Gasteiger partial charge in [-0.3, -0.25) is 9.99 Å². The standard InChI is InChI=1S/C32H34FN9/c1-19-35-15-22(16-36-19)26-11-24(12-27-29(38-18-32(2,3)4)21(13-34)14-37-31(26)27)39-30(20-5-7-23(33)8-6-20)28-17-42(41-40-28)25-9-10-25/h5-8,11-12,14-17,25,30,39-41H,9-10,18H2,1-4H3,(H,37,38)/t30-/m1/s1/i30D. The van der Waals surface area contributed by atoms with Crippen LogP contribution in [0, 0.1) is 29.5 Å². The van der Waals surface area contributed by atoms with Crippen LogP contribution in [-0.2, 0) is 0 Å². The van der Waals surface area contributed by atoms with E-state index in [9.17, 15) is 11.0 Å². The number of rotatable bonds is 8. The van der Waals surface area contributed by atoms with Crippen molar-refractivity contribution in [2.45, 2.75) is 52.6 Å². The number of nitriles is 1. The molecule has 4 aromatic rings. The van der Waals surface area contributed by atoms with E-state index in [-0.39, 0.29) is 11.2 Å². The maximum atomic E-state index is 14.0. The van der Waals surface area contributed by atoms with Crippen molar-refractivity contribution in [3.05, 3.63) is 89.7 Å². The lowest BCUT2D eigenvalue weighted by Crippen LogP contribution is -2.38. The number of hydrogen-bond donors (Lipinski definition) is 4. The number of fused-ring (bicyclic) bond motifs is 1. The SMILES string of the molecule is [2H][C@](Nc1cc(-c2cnc(C)nc2)c2ncc(C#N)c(NCC(C)(C)C)c2c1)(C1=CN(C2CC2)NN1)c1ccc(F)cc1. The number of benzene rings is 2. The molecule has 2 aliphatic rings. The van der Waals surface area contributed by atoms with Gasteiger partial charge in [-0.05, 0) is 55.0 Å². The molecule has 0 amide bonds. The lowest BCUT2D eigenvalue weighted by atomic mass is 9.95. The van der Waals surface area contributed by atoms with Crippen LogP contribution in [0.15, 0.2) is 66.9 Å². The molecule has 1 atom stereocenters. The number of nitrogens with zero attached hydrogens (tertiary/aromatic N) is 5. The molecule has 0 unspecified atom stereocenters. The van der Waals surface area contributed by atoms with Crippen LogP contribution in [0.3, 0.4) is 0 Å². The van der Waals surface area contributed by atoms with Gasteiger partial charge in [0.15, 0.2) is 0 Å². The van der Waals surface area contributed by atoms with Gasteiger partial charge < -0.3 is 16.1 Å². The van der Waals surface area contributed by atoms with Crippen molar-refractivity contribution in [3.8, 4) is 17.2 Å². The van der Waals surface area contributed by atoms with Crippen LogP contribution < -0.4 is 21.6 Å². The van der Waals surface area contributed by atoms with Gasteiger partial charge in [0.1, 0.15) is 17.7 Å². The number of anilines is 2. The Labute approximate surface area is 246 Å². The van der Waals surface area contributed by atoms with E-state index in [0.717, 1.165) is 29.4 Å². The number of pyridine rings is 1. The molecule has 1 aliphatic heterocycles. The smallest absolute Gasteiger partial charge is 0.125 e. The Bertz CT molecular complexity index is 1740. The number of aromatic nitrogens is 3. The van der Waals surface area contributed by atoms with E-state index in [1.54, 1.807) is 30.7 Å². The first-order chi connectivity index (χ1) is 20.5. The molecular weight excluding hydrogens is 529 g/mol. The average Bonchev–Trinajstić information content (AvgIpc) is 3.71.